The SMILES string of the molecule is CCOC(=O)c1ccc(C(=O)N(C)Cc2nnc(-c3ccc(C(C)(C)C)cc3)o2)cc1. The summed E-state index contributed by atoms with van der Waals surface area (Å²) in [6.07, 6.45) is 0. The second-order valence-electron chi connectivity index (χ2n) is 8.29. The van der Waals surface area contributed by atoms with Crippen molar-refractivity contribution in [3.63, 3.8) is 0 Å². The lowest BCUT2D eigenvalue weighted by atomic mass is 9.87. The molecule has 3 rings (SSSR count). The van der Waals surface area contributed by atoms with Crippen LogP contribution in [-0.4, -0.2) is 40.6 Å². The maximum absolute atomic E-state index is 12.7. The number of nitrogens with zero attached hydrogens (tertiary/aromatic N) is 3. The Hall–Kier alpha value is -3.48. The minimum atomic E-state index is -0.413. The van der Waals surface area contributed by atoms with Gasteiger partial charge in [-0.3, -0.25) is 4.79 Å². The van der Waals surface area contributed by atoms with Gasteiger partial charge in [0.15, 0.2) is 0 Å². The number of aromatic nitrogens is 2. The fourth-order valence-corrected chi connectivity index (χ4v) is 3.01. The second-order valence-corrected chi connectivity index (χ2v) is 8.29. The van der Waals surface area contributed by atoms with Gasteiger partial charge in [0.2, 0.25) is 11.8 Å². The first kappa shape index (κ1) is 22.2. The van der Waals surface area contributed by atoms with Gasteiger partial charge in [-0.15, -0.1) is 10.2 Å². The summed E-state index contributed by atoms with van der Waals surface area (Å²) in [7, 11) is 1.66. The highest BCUT2D eigenvalue weighted by Crippen LogP contribution is 2.25. The number of hydrogen-bond donors (Lipinski definition) is 0. The fraction of sp³-hybridized carbons (Fsp3) is 0.333. The van der Waals surface area contributed by atoms with Crippen molar-refractivity contribution in [1.29, 1.82) is 0 Å². The number of esters is 1. The lowest BCUT2D eigenvalue weighted by Gasteiger charge is -2.18. The topological polar surface area (TPSA) is 85.5 Å². The van der Waals surface area contributed by atoms with Gasteiger partial charge in [0.05, 0.1) is 18.7 Å². The molecule has 0 saturated carbocycles. The molecule has 0 aliphatic carbocycles. The van der Waals surface area contributed by atoms with E-state index in [1.165, 1.54) is 10.5 Å². The third-order valence-corrected chi connectivity index (χ3v) is 4.83. The number of carbonyl (C=O) groups is 2. The Bertz CT molecular complexity index is 1050. The molecule has 1 aromatic heterocycles. The smallest absolute Gasteiger partial charge is 0.338 e. The molecule has 0 saturated heterocycles. The molecule has 0 atom stereocenters. The van der Waals surface area contributed by atoms with Crippen molar-refractivity contribution in [2.75, 3.05) is 13.7 Å². The monoisotopic (exact) mass is 421 g/mol. The highest BCUT2D eigenvalue weighted by Gasteiger charge is 2.18. The van der Waals surface area contributed by atoms with Gasteiger partial charge < -0.3 is 14.1 Å². The molecule has 0 aliphatic heterocycles. The first-order chi connectivity index (χ1) is 14.7. The zero-order valence-electron chi connectivity index (χ0n) is 18.5. The lowest BCUT2D eigenvalue weighted by Crippen LogP contribution is -2.26. The van der Waals surface area contributed by atoms with E-state index in [4.69, 9.17) is 9.15 Å². The molecule has 31 heavy (non-hydrogen) atoms. The Morgan fingerprint density at radius 1 is 0.968 bits per heavy atom. The number of ether oxygens (including phenoxy) is 1. The van der Waals surface area contributed by atoms with Gasteiger partial charge in [0.25, 0.3) is 5.91 Å². The van der Waals surface area contributed by atoms with Gasteiger partial charge >= 0.3 is 5.97 Å². The Morgan fingerprint density at radius 3 is 2.16 bits per heavy atom. The van der Waals surface area contributed by atoms with Gasteiger partial charge in [-0.05, 0) is 54.3 Å². The number of amides is 1. The molecule has 0 bridgehead atoms. The first-order valence-corrected chi connectivity index (χ1v) is 10.1. The van der Waals surface area contributed by atoms with Crippen LogP contribution in [-0.2, 0) is 16.7 Å². The Balaban J connectivity index is 1.66. The summed E-state index contributed by atoms with van der Waals surface area (Å²) < 4.78 is 10.7. The third-order valence-electron chi connectivity index (χ3n) is 4.83. The minimum Gasteiger partial charge on any atom is -0.462 e. The second kappa shape index (κ2) is 9.12. The van der Waals surface area contributed by atoms with Crippen molar-refractivity contribution in [2.24, 2.45) is 0 Å². The fourth-order valence-electron chi connectivity index (χ4n) is 3.01. The number of benzene rings is 2. The molecular formula is C24H27N3O4. The van der Waals surface area contributed by atoms with Crippen LogP contribution in [0.5, 0.6) is 0 Å². The molecule has 7 nitrogen and oxygen atoms in total. The van der Waals surface area contributed by atoms with E-state index in [1.54, 1.807) is 38.2 Å². The first-order valence-electron chi connectivity index (χ1n) is 10.1. The van der Waals surface area contributed by atoms with Gasteiger partial charge in [-0.2, -0.15) is 0 Å². The van der Waals surface area contributed by atoms with E-state index in [2.05, 4.69) is 43.1 Å². The van der Waals surface area contributed by atoms with E-state index in [0.29, 0.717) is 29.5 Å². The van der Waals surface area contributed by atoms with E-state index < -0.39 is 5.97 Å². The highest BCUT2D eigenvalue weighted by atomic mass is 16.5. The van der Waals surface area contributed by atoms with Crippen molar-refractivity contribution in [3.8, 4) is 11.5 Å². The van der Waals surface area contributed by atoms with Crippen LogP contribution >= 0.6 is 0 Å². The van der Waals surface area contributed by atoms with Crippen molar-refractivity contribution in [3.05, 3.63) is 71.1 Å². The van der Waals surface area contributed by atoms with Crippen LogP contribution < -0.4 is 0 Å². The Labute approximate surface area is 182 Å². The molecule has 162 valence electrons. The van der Waals surface area contributed by atoms with Crippen LogP contribution in [0.4, 0.5) is 0 Å². The van der Waals surface area contributed by atoms with Crippen LogP contribution in [0.25, 0.3) is 11.5 Å². The maximum Gasteiger partial charge on any atom is 0.338 e. The van der Waals surface area contributed by atoms with Crippen LogP contribution in [0.2, 0.25) is 0 Å². The van der Waals surface area contributed by atoms with E-state index in [1.807, 2.05) is 12.1 Å². The average Bonchev–Trinajstić information content (AvgIpc) is 3.21. The van der Waals surface area contributed by atoms with Crippen molar-refractivity contribution in [1.82, 2.24) is 15.1 Å². The molecule has 3 aromatic rings. The van der Waals surface area contributed by atoms with Gasteiger partial charge in [0, 0.05) is 18.2 Å². The molecular weight excluding hydrogens is 394 g/mol. The summed E-state index contributed by atoms with van der Waals surface area (Å²) in [5.74, 6) is 0.123. The Morgan fingerprint density at radius 2 is 1.58 bits per heavy atom. The van der Waals surface area contributed by atoms with Gasteiger partial charge in [-0.25, -0.2) is 4.79 Å². The standard InChI is InChI=1S/C24H27N3O4/c1-6-30-23(29)18-9-7-17(8-10-18)22(28)27(5)15-20-25-26-21(31-20)16-11-13-19(14-12-16)24(2,3)4/h7-14H,6,15H2,1-5H3. The molecule has 7 heteroatoms. The molecule has 0 spiro atoms. The summed E-state index contributed by atoms with van der Waals surface area (Å²) >= 11 is 0. The summed E-state index contributed by atoms with van der Waals surface area (Å²) in [6.45, 7) is 8.69. The van der Waals surface area contributed by atoms with E-state index >= 15 is 0 Å². The summed E-state index contributed by atoms with van der Waals surface area (Å²) in [5.41, 5.74) is 2.97. The largest absolute Gasteiger partial charge is 0.462 e. The maximum atomic E-state index is 12.7. The molecule has 0 aliphatic rings. The average molecular weight is 421 g/mol. The lowest BCUT2D eigenvalue weighted by molar-refractivity contribution is 0.0525. The summed E-state index contributed by atoms with van der Waals surface area (Å²) in [6, 6.07) is 14.4. The molecule has 2 aromatic carbocycles. The number of rotatable bonds is 6. The van der Waals surface area contributed by atoms with E-state index in [-0.39, 0.29) is 17.9 Å². The molecule has 0 fully saturated rings. The highest BCUT2D eigenvalue weighted by molar-refractivity contribution is 5.96. The van der Waals surface area contributed by atoms with Crippen molar-refractivity contribution in [2.45, 2.75) is 39.7 Å². The van der Waals surface area contributed by atoms with Crippen LogP contribution in [0.15, 0.2) is 52.9 Å². The zero-order chi connectivity index (χ0) is 22.6. The Kier molecular flexibility index (Phi) is 6.53. The van der Waals surface area contributed by atoms with Crippen LogP contribution in [0.3, 0.4) is 0 Å². The van der Waals surface area contributed by atoms with Crippen molar-refractivity contribution < 1.29 is 18.7 Å². The molecule has 0 unspecified atom stereocenters. The zero-order valence-corrected chi connectivity index (χ0v) is 18.5. The summed E-state index contributed by atoms with van der Waals surface area (Å²) in [5, 5.41) is 8.17. The normalized spacial score (nSPS) is 11.3. The molecule has 0 radical (unpaired) electrons. The minimum absolute atomic E-state index is 0.0656. The van der Waals surface area contributed by atoms with E-state index in [0.717, 1.165) is 5.56 Å². The number of hydrogen-bond acceptors (Lipinski definition) is 6. The predicted molar refractivity (Wildman–Crippen MR) is 117 cm³/mol. The van der Waals surface area contributed by atoms with Crippen LogP contribution in [0.1, 0.15) is 59.9 Å². The molecule has 1 heterocycles. The summed E-state index contributed by atoms with van der Waals surface area (Å²) in [4.78, 5) is 25.9. The van der Waals surface area contributed by atoms with Crippen molar-refractivity contribution >= 4 is 11.9 Å². The van der Waals surface area contributed by atoms with E-state index in [9.17, 15) is 9.59 Å². The van der Waals surface area contributed by atoms with Crippen LogP contribution in [0, 0.1) is 0 Å². The van der Waals surface area contributed by atoms with Gasteiger partial charge in [0.1, 0.15) is 0 Å². The number of carbonyl (C=O) groups excluding carboxylic acids is 2. The quantitative estimate of drug-likeness (QED) is 0.546. The molecule has 0 N–H and O–H groups in total. The van der Waals surface area contributed by atoms with Gasteiger partial charge in [-0.1, -0.05) is 32.9 Å². The predicted octanol–water partition coefficient (Wildman–Crippen LogP) is 4.48. The third kappa shape index (κ3) is 5.36. The molecule has 1 amide bonds.